The van der Waals surface area contributed by atoms with Crippen molar-refractivity contribution >= 4 is 0 Å². The number of benzene rings is 1. The molecule has 1 aromatic carbocycles. The maximum atomic E-state index is 14.0. The third-order valence-electron chi connectivity index (χ3n) is 5.61. The summed E-state index contributed by atoms with van der Waals surface area (Å²) in [5.74, 6) is -4.22. The van der Waals surface area contributed by atoms with Crippen molar-refractivity contribution in [2.24, 2.45) is 5.41 Å². The normalized spacial score (nSPS) is 13.9. The number of aryl methyl sites for hydroxylation is 1. The van der Waals surface area contributed by atoms with Crippen molar-refractivity contribution in [3.63, 3.8) is 0 Å². The van der Waals surface area contributed by atoms with Crippen LogP contribution in [0.2, 0.25) is 0 Å². The predicted octanol–water partition coefficient (Wildman–Crippen LogP) is 6.99. The smallest absolute Gasteiger partial charge is 0.316 e. The molecule has 0 spiro atoms. The lowest BCUT2D eigenvalue weighted by Gasteiger charge is -2.37. The highest BCUT2D eigenvalue weighted by molar-refractivity contribution is 5.28. The molecule has 0 bridgehead atoms. The molecule has 0 heterocycles. The molecule has 0 aliphatic heterocycles. The Kier molecular flexibility index (Phi) is 7.31. The van der Waals surface area contributed by atoms with Crippen LogP contribution in [0.4, 0.5) is 17.6 Å². The van der Waals surface area contributed by atoms with Crippen molar-refractivity contribution in [1.29, 1.82) is 0 Å². The van der Waals surface area contributed by atoms with E-state index in [2.05, 4.69) is 25.5 Å². The van der Waals surface area contributed by atoms with E-state index in [9.17, 15) is 17.6 Å². The van der Waals surface area contributed by atoms with E-state index in [0.29, 0.717) is 6.42 Å². The molecule has 0 unspecified atom stereocenters. The summed E-state index contributed by atoms with van der Waals surface area (Å²) in [6, 6.07) is 7.98. The third kappa shape index (κ3) is 4.99. The van der Waals surface area contributed by atoms with E-state index in [0.717, 1.165) is 25.8 Å². The Morgan fingerprint density at radius 3 is 1.85 bits per heavy atom. The number of hydrogen-bond donors (Lipinski definition) is 0. The summed E-state index contributed by atoms with van der Waals surface area (Å²) in [5.41, 5.74) is 0.445. The first kappa shape index (κ1) is 22.9. The second kappa shape index (κ2) is 8.28. The van der Waals surface area contributed by atoms with Gasteiger partial charge in [0.2, 0.25) is 0 Å². The van der Waals surface area contributed by atoms with Crippen molar-refractivity contribution in [3.8, 4) is 0 Å². The van der Waals surface area contributed by atoms with Crippen LogP contribution in [-0.4, -0.2) is 18.6 Å². The van der Waals surface area contributed by atoms with Crippen molar-refractivity contribution in [1.82, 2.24) is 0 Å². The SMILES string of the molecule is CCC(C)(C)c1ccc(CCCOC(F)(F)C(F)(F)C(C)(C)CC)cc1. The zero-order valence-corrected chi connectivity index (χ0v) is 16.8. The maximum absolute atomic E-state index is 14.0. The van der Waals surface area contributed by atoms with E-state index in [-0.39, 0.29) is 18.3 Å². The van der Waals surface area contributed by atoms with Crippen LogP contribution in [0.15, 0.2) is 24.3 Å². The van der Waals surface area contributed by atoms with Crippen LogP contribution in [0.1, 0.15) is 71.9 Å². The Bertz CT molecular complexity index is 562. The second-order valence-electron chi connectivity index (χ2n) is 8.21. The van der Waals surface area contributed by atoms with Crippen LogP contribution in [0, 0.1) is 5.41 Å². The van der Waals surface area contributed by atoms with E-state index in [1.165, 1.54) is 12.5 Å². The van der Waals surface area contributed by atoms with Crippen molar-refractivity contribution < 1.29 is 22.3 Å². The fraction of sp³-hybridized carbons (Fsp3) is 0.714. The first-order valence-electron chi connectivity index (χ1n) is 9.29. The summed E-state index contributed by atoms with van der Waals surface area (Å²) < 4.78 is 60.1. The summed E-state index contributed by atoms with van der Waals surface area (Å²) in [6.07, 6.45) is -2.76. The van der Waals surface area contributed by atoms with Crippen LogP contribution >= 0.6 is 0 Å². The van der Waals surface area contributed by atoms with Gasteiger partial charge in [-0.2, -0.15) is 17.6 Å². The van der Waals surface area contributed by atoms with Gasteiger partial charge in [-0.1, -0.05) is 65.8 Å². The van der Waals surface area contributed by atoms with Crippen LogP contribution in [0.25, 0.3) is 0 Å². The van der Waals surface area contributed by atoms with Gasteiger partial charge in [0, 0.05) is 5.41 Å². The lowest BCUT2D eigenvalue weighted by Crippen LogP contribution is -2.52. The minimum Gasteiger partial charge on any atom is -0.316 e. The van der Waals surface area contributed by atoms with Crippen molar-refractivity contribution in [2.45, 2.75) is 84.7 Å². The van der Waals surface area contributed by atoms with Gasteiger partial charge in [0.25, 0.3) is 0 Å². The fourth-order valence-electron chi connectivity index (χ4n) is 2.51. The number of rotatable bonds is 10. The Morgan fingerprint density at radius 1 is 0.846 bits per heavy atom. The van der Waals surface area contributed by atoms with E-state index in [4.69, 9.17) is 0 Å². The average molecular weight is 376 g/mol. The summed E-state index contributed by atoms with van der Waals surface area (Å²) in [7, 11) is 0. The molecular weight excluding hydrogens is 344 g/mol. The molecule has 0 radical (unpaired) electrons. The molecule has 150 valence electrons. The van der Waals surface area contributed by atoms with Crippen LogP contribution in [0.5, 0.6) is 0 Å². The van der Waals surface area contributed by atoms with Crippen LogP contribution in [-0.2, 0) is 16.6 Å². The van der Waals surface area contributed by atoms with Crippen LogP contribution < -0.4 is 0 Å². The minimum atomic E-state index is -4.47. The van der Waals surface area contributed by atoms with E-state index in [1.807, 2.05) is 24.3 Å². The maximum Gasteiger partial charge on any atom is 0.419 e. The van der Waals surface area contributed by atoms with Crippen molar-refractivity contribution in [3.05, 3.63) is 35.4 Å². The van der Waals surface area contributed by atoms with Gasteiger partial charge in [0.1, 0.15) is 0 Å². The van der Waals surface area contributed by atoms with Gasteiger partial charge in [-0.15, -0.1) is 0 Å². The predicted molar refractivity (Wildman–Crippen MR) is 98.0 cm³/mol. The number of hydrogen-bond acceptors (Lipinski definition) is 1. The molecule has 1 rings (SSSR count). The number of ether oxygens (including phenoxy) is 1. The molecule has 0 saturated carbocycles. The van der Waals surface area contributed by atoms with Gasteiger partial charge in [-0.05, 0) is 42.2 Å². The number of halogens is 4. The van der Waals surface area contributed by atoms with E-state index in [1.54, 1.807) is 0 Å². The van der Waals surface area contributed by atoms with Gasteiger partial charge >= 0.3 is 12.0 Å². The molecule has 5 heteroatoms. The quantitative estimate of drug-likeness (QED) is 0.316. The Morgan fingerprint density at radius 2 is 1.38 bits per heavy atom. The molecule has 0 aromatic heterocycles. The summed E-state index contributed by atoms with van der Waals surface area (Å²) >= 11 is 0. The van der Waals surface area contributed by atoms with Gasteiger partial charge < -0.3 is 4.74 Å². The Balaban J connectivity index is 2.59. The third-order valence-corrected chi connectivity index (χ3v) is 5.61. The van der Waals surface area contributed by atoms with Gasteiger partial charge in [0.05, 0.1) is 6.61 Å². The van der Waals surface area contributed by atoms with E-state index < -0.39 is 24.1 Å². The molecular formula is C21H32F4O. The first-order chi connectivity index (χ1) is 11.8. The van der Waals surface area contributed by atoms with Gasteiger partial charge in [-0.25, -0.2) is 0 Å². The van der Waals surface area contributed by atoms with Crippen LogP contribution in [0.3, 0.4) is 0 Å². The summed E-state index contributed by atoms with van der Waals surface area (Å²) in [6.45, 7) is 9.76. The highest BCUT2D eigenvalue weighted by Crippen LogP contribution is 2.49. The second-order valence-corrected chi connectivity index (χ2v) is 8.21. The molecule has 0 N–H and O–H groups in total. The highest BCUT2D eigenvalue weighted by atomic mass is 19.3. The number of alkyl halides is 4. The zero-order valence-electron chi connectivity index (χ0n) is 16.8. The Hall–Kier alpha value is -1.10. The molecule has 1 nitrogen and oxygen atoms in total. The monoisotopic (exact) mass is 376 g/mol. The summed E-state index contributed by atoms with van der Waals surface area (Å²) in [5, 5.41) is 0. The minimum absolute atomic E-state index is 0.0700. The van der Waals surface area contributed by atoms with Gasteiger partial charge in [0.15, 0.2) is 0 Å². The largest absolute Gasteiger partial charge is 0.419 e. The molecule has 0 aliphatic carbocycles. The lowest BCUT2D eigenvalue weighted by molar-refractivity contribution is -0.375. The molecule has 26 heavy (non-hydrogen) atoms. The lowest BCUT2D eigenvalue weighted by atomic mass is 9.82. The topological polar surface area (TPSA) is 9.23 Å². The molecule has 1 aromatic rings. The van der Waals surface area contributed by atoms with Crippen molar-refractivity contribution in [2.75, 3.05) is 6.61 Å². The molecule has 0 atom stereocenters. The molecule has 0 aliphatic rings. The molecule has 0 amide bonds. The summed E-state index contributed by atoms with van der Waals surface area (Å²) in [4.78, 5) is 0. The van der Waals surface area contributed by atoms with E-state index >= 15 is 0 Å². The zero-order chi connectivity index (χ0) is 20.2. The average Bonchev–Trinajstić information content (AvgIpc) is 2.58. The Labute approximate surface area is 155 Å². The highest BCUT2D eigenvalue weighted by Gasteiger charge is 2.65. The molecule has 0 saturated heterocycles. The fourth-order valence-corrected chi connectivity index (χ4v) is 2.51. The van der Waals surface area contributed by atoms with Gasteiger partial charge in [-0.3, -0.25) is 0 Å². The first-order valence-corrected chi connectivity index (χ1v) is 9.29. The standard InChI is InChI=1S/C21H32F4O/c1-7-18(3,4)17-13-11-16(12-14-17)10-9-15-26-21(24,25)20(22,23)19(5,6)8-2/h11-14H,7-10,15H2,1-6H3. The molecule has 0 fully saturated rings.